The van der Waals surface area contributed by atoms with Crippen LogP contribution in [0, 0.1) is 6.92 Å². The van der Waals surface area contributed by atoms with Gasteiger partial charge in [-0.05, 0) is 18.9 Å². The maximum absolute atomic E-state index is 3.45. The molecule has 1 heteroatoms. The minimum absolute atomic E-state index is 0.446. The zero-order valence-corrected chi connectivity index (χ0v) is 10.6. The standard InChI is InChI=1S/C15H23N/c1-3-4-5-9-15(11-16-12-15)14-8-6-7-13(2)10-14/h6-8,10,16H,3-5,9,11-12H2,1-2H3. The van der Waals surface area contributed by atoms with Crippen molar-refractivity contribution < 1.29 is 0 Å². The van der Waals surface area contributed by atoms with E-state index in [0.717, 1.165) is 0 Å². The molecule has 1 aliphatic heterocycles. The third-order valence-corrected chi connectivity index (χ3v) is 3.82. The van der Waals surface area contributed by atoms with Crippen LogP contribution in [0.5, 0.6) is 0 Å². The Hall–Kier alpha value is -0.820. The molecule has 1 fully saturated rings. The molecule has 0 aromatic heterocycles. The highest BCUT2D eigenvalue weighted by molar-refractivity contribution is 5.32. The van der Waals surface area contributed by atoms with E-state index in [1.54, 1.807) is 5.56 Å². The average Bonchev–Trinajstić information content (AvgIpc) is 2.22. The summed E-state index contributed by atoms with van der Waals surface area (Å²) in [6.45, 7) is 6.80. The molecule has 1 aromatic rings. The highest BCUT2D eigenvalue weighted by Gasteiger charge is 2.37. The van der Waals surface area contributed by atoms with Crippen LogP contribution in [0.15, 0.2) is 24.3 Å². The molecule has 0 bridgehead atoms. The fourth-order valence-corrected chi connectivity index (χ4v) is 2.64. The summed E-state index contributed by atoms with van der Waals surface area (Å²) in [7, 11) is 0. The summed E-state index contributed by atoms with van der Waals surface area (Å²) in [6, 6.07) is 9.06. The molecule has 0 unspecified atom stereocenters. The second-order valence-corrected chi connectivity index (χ2v) is 5.21. The van der Waals surface area contributed by atoms with Gasteiger partial charge in [0.2, 0.25) is 0 Å². The summed E-state index contributed by atoms with van der Waals surface area (Å²) < 4.78 is 0. The van der Waals surface area contributed by atoms with Gasteiger partial charge in [-0.1, -0.05) is 56.0 Å². The first-order valence-corrected chi connectivity index (χ1v) is 6.55. The van der Waals surface area contributed by atoms with Crippen LogP contribution in [0.1, 0.15) is 43.7 Å². The van der Waals surface area contributed by atoms with E-state index in [9.17, 15) is 0 Å². The third kappa shape index (κ3) is 2.30. The van der Waals surface area contributed by atoms with Crippen molar-refractivity contribution in [2.45, 2.75) is 44.9 Å². The normalized spacial score (nSPS) is 18.1. The predicted octanol–water partition coefficient (Wildman–Crippen LogP) is 3.42. The topological polar surface area (TPSA) is 12.0 Å². The Morgan fingerprint density at radius 3 is 2.62 bits per heavy atom. The first-order chi connectivity index (χ1) is 7.77. The van der Waals surface area contributed by atoms with Crippen molar-refractivity contribution >= 4 is 0 Å². The number of aryl methyl sites for hydroxylation is 1. The second kappa shape index (κ2) is 5.01. The predicted molar refractivity (Wildman–Crippen MR) is 69.9 cm³/mol. The lowest BCUT2D eigenvalue weighted by Crippen LogP contribution is -2.56. The van der Waals surface area contributed by atoms with Crippen LogP contribution in [0.2, 0.25) is 0 Å². The fourth-order valence-electron chi connectivity index (χ4n) is 2.64. The van der Waals surface area contributed by atoms with Gasteiger partial charge in [-0.15, -0.1) is 0 Å². The van der Waals surface area contributed by atoms with Gasteiger partial charge in [0.15, 0.2) is 0 Å². The van der Waals surface area contributed by atoms with Gasteiger partial charge >= 0.3 is 0 Å². The van der Waals surface area contributed by atoms with E-state index in [2.05, 4.69) is 43.4 Å². The lowest BCUT2D eigenvalue weighted by molar-refractivity contribution is 0.250. The molecule has 1 N–H and O–H groups in total. The van der Waals surface area contributed by atoms with E-state index in [1.165, 1.54) is 44.3 Å². The molecule has 88 valence electrons. The van der Waals surface area contributed by atoms with Gasteiger partial charge in [-0.2, -0.15) is 0 Å². The lowest BCUT2D eigenvalue weighted by atomic mass is 9.71. The van der Waals surface area contributed by atoms with E-state index >= 15 is 0 Å². The lowest BCUT2D eigenvalue weighted by Gasteiger charge is -2.43. The Morgan fingerprint density at radius 1 is 1.25 bits per heavy atom. The van der Waals surface area contributed by atoms with Crippen molar-refractivity contribution in [2.24, 2.45) is 0 Å². The monoisotopic (exact) mass is 217 g/mol. The van der Waals surface area contributed by atoms with Crippen LogP contribution in [-0.4, -0.2) is 13.1 Å². The summed E-state index contributed by atoms with van der Waals surface area (Å²) in [5.41, 5.74) is 3.38. The molecule has 16 heavy (non-hydrogen) atoms. The van der Waals surface area contributed by atoms with Crippen LogP contribution in [-0.2, 0) is 5.41 Å². The number of hydrogen-bond donors (Lipinski definition) is 1. The first-order valence-electron chi connectivity index (χ1n) is 6.55. The number of benzene rings is 1. The highest BCUT2D eigenvalue weighted by Crippen LogP contribution is 2.34. The molecular weight excluding hydrogens is 194 g/mol. The smallest absolute Gasteiger partial charge is 0.0202 e. The Balaban J connectivity index is 2.08. The van der Waals surface area contributed by atoms with Crippen molar-refractivity contribution in [3.8, 4) is 0 Å². The maximum atomic E-state index is 3.45. The minimum Gasteiger partial charge on any atom is -0.315 e. The molecule has 0 spiro atoms. The Kier molecular flexibility index (Phi) is 3.65. The van der Waals surface area contributed by atoms with E-state index in [4.69, 9.17) is 0 Å². The minimum atomic E-state index is 0.446. The molecule has 1 aromatic carbocycles. The van der Waals surface area contributed by atoms with E-state index in [0.29, 0.717) is 5.41 Å². The summed E-state index contributed by atoms with van der Waals surface area (Å²) in [5.74, 6) is 0. The first kappa shape index (κ1) is 11.7. The Morgan fingerprint density at radius 2 is 2.06 bits per heavy atom. The van der Waals surface area contributed by atoms with Gasteiger partial charge in [-0.25, -0.2) is 0 Å². The van der Waals surface area contributed by atoms with E-state index in [-0.39, 0.29) is 0 Å². The Bertz CT molecular complexity index is 339. The molecule has 0 amide bonds. The molecule has 0 radical (unpaired) electrons. The largest absolute Gasteiger partial charge is 0.315 e. The molecule has 1 saturated heterocycles. The molecule has 2 rings (SSSR count). The van der Waals surface area contributed by atoms with Gasteiger partial charge in [0, 0.05) is 18.5 Å². The number of nitrogens with one attached hydrogen (secondary N) is 1. The number of rotatable bonds is 5. The SMILES string of the molecule is CCCCCC1(c2cccc(C)c2)CNC1. The zero-order chi connectivity index (χ0) is 11.4. The number of hydrogen-bond acceptors (Lipinski definition) is 1. The average molecular weight is 217 g/mol. The van der Waals surface area contributed by atoms with Crippen molar-refractivity contribution in [3.05, 3.63) is 35.4 Å². The van der Waals surface area contributed by atoms with Crippen molar-refractivity contribution in [1.29, 1.82) is 0 Å². The van der Waals surface area contributed by atoms with Crippen molar-refractivity contribution in [3.63, 3.8) is 0 Å². The van der Waals surface area contributed by atoms with Crippen LogP contribution in [0.4, 0.5) is 0 Å². The summed E-state index contributed by atoms with van der Waals surface area (Å²) >= 11 is 0. The number of unbranched alkanes of at least 4 members (excludes halogenated alkanes) is 2. The van der Waals surface area contributed by atoms with E-state index < -0.39 is 0 Å². The van der Waals surface area contributed by atoms with E-state index in [1.807, 2.05) is 0 Å². The van der Waals surface area contributed by atoms with Crippen LogP contribution < -0.4 is 5.32 Å². The molecular formula is C15H23N. The summed E-state index contributed by atoms with van der Waals surface area (Å²) in [6.07, 6.45) is 5.40. The van der Waals surface area contributed by atoms with Gasteiger partial charge < -0.3 is 5.32 Å². The van der Waals surface area contributed by atoms with Crippen LogP contribution >= 0.6 is 0 Å². The molecule has 0 atom stereocenters. The Labute approximate surface area is 99.3 Å². The third-order valence-electron chi connectivity index (χ3n) is 3.82. The highest BCUT2D eigenvalue weighted by atomic mass is 15.0. The maximum Gasteiger partial charge on any atom is 0.0202 e. The molecule has 1 nitrogen and oxygen atoms in total. The second-order valence-electron chi connectivity index (χ2n) is 5.21. The zero-order valence-electron chi connectivity index (χ0n) is 10.6. The molecule has 1 heterocycles. The fraction of sp³-hybridized carbons (Fsp3) is 0.600. The van der Waals surface area contributed by atoms with Crippen LogP contribution in [0.3, 0.4) is 0 Å². The van der Waals surface area contributed by atoms with Gasteiger partial charge in [0.1, 0.15) is 0 Å². The summed E-state index contributed by atoms with van der Waals surface area (Å²) in [5, 5.41) is 3.45. The quantitative estimate of drug-likeness (QED) is 0.745. The summed E-state index contributed by atoms with van der Waals surface area (Å²) in [4.78, 5) is 0. The molecule has 0 saturated carbocycles. The molecule has 0 aliphatic carbocycles. The molecule has 1 aliphatic rings. The van der Waals surface area contributed by atoms with Crippen molar-refractivity contribution in [1.82, 2.24) is 5.32 Å². The van der Waals surface area contributed by atoms with Gasteiger partial charge in [-0.3, -0.25) is 0 Å². The van der Waals surface area contributed by atoms with Gasteiger partial charge in [0.25, 0.3) is 0 Å². The van der Waals surface area contributed by atoms with Gasteiger partial charge in [0.05, 0.1) is 0 Å². The van der Waals surface area contributed by atoms with Crippen molar-refractivity contribution in [2.75, 3.05) is 13.1 Å². The van der Waals surface area contributed by atoms with Crippen LogP contribution in [0.25, 0.3) is 0 Å².